The van der Waals surface area contributed by atoms with Crippen molar-refractivity contribution in [3.63, 3.8) is 0 Å². The van der Waals surface area contributed by atoms with E-state index in [0.717, 1.165) is 37.3 Å². The molecule has 3 aromatic rings. The molecule has 0 radical (unpaired) electrons. The highest BCUT2D eigenvalue weighted by atomic mass is 32.1. The summed E-state index contributed by atoms with van der Waals surface area (Å²) in [5.41, 5.74) is 1.92. The quantitative estimate of drug-likeness (QED) is 0.727. The van der Waals surface area contributed by atoms with Crippen molar-refractivity contribution in [1.82, 2.24) is 19.3 Å². The fourth-order valence-corrected chi connectivity index (χ4v) is 4.24. The Balaban J connectivity index is 1.49. The molecule has 5 nitrogen and oxygen atoms in total. The molecule has 4 rings (SSSR count). The molecule has 0 bridgehead atoms. The number of likely N-dealkylation sites (tertiary alicyclic amines) is 1. The number of carbonyl (C=O) groups excluding carboxylic acids is 1. The molecule has 4 heterocycles. The van der Waals surface area contributed by atoms with Gasteiger partial charge in [-0.3, -0.25) is 14.2 Å². The molecular weight excluding hydrogens is 308 g/mol. The van der Waals surface area contributed by atoms with Gasteiger partial charge in [0.2, 0.25) is 0 Å². The second kappa shape index (κ2) is 5.77. The number of nitrogens with zero attached hydrogens (tertiary/aromatic N) is 4. The van der Waals surface area contributed by atoms with Crippen molar-refractivity contribution in [3.8, 4) is 0 Å². The summed E-state index contributed by atoms with van der Waals surface area (Å²) in [5, 5.41) is 2.11. The maximum atomic E-state index is 12.5. The van der Waals surface area contributed by atoms with E-state index in [-0.39, 0.29) is 5.91 Å². The third-order valence-electron chi connectivity index (χ3n) is 4.55. The van der Waals surface area contributed by atoms with Crippen molar-refractivity contribution in [2.45, 2.75) is 25.7 Å². The lowest BCUT2D eigenvalue weighted by Gasteiger charge is -2.31. The zero-order valence-electron chi connectivity index (χ0n) is 13.0. The topological polar surface area (TPSA) is 50.5 Å². The highest BCUT2D eigenvalue weighted by Gasteiger charge is 2.27. The Bertz CT molecular complexity index is 831. The number of aryl methyl sites for hydroxylation is 1. The van der Waals surface area contributed by atoms with Crippen LogP contribution in [-0.2, 0) is 0 Å². The summed E-state index contributed by atoms with van der Waals surface area (Å²) in [6, 6.07) is 3.56. The first-order chi connectivity index (χ1) is 11.2. The Morgan fingerprint density at radius 3 is 2.74 bits per heavy atom. The van der Waals surface area contributed by atoms with Crippen LogP contribution in [-0.4, -0.2) is 38.3 Å². The van der Waals surface area contributed by atoms with Gasteiger partial charge in [0, 0.05) is 48.5 Å². The summed E-state index contributed by atoms with van der Waals surface area (Å²) in [7, 11) is 0. The van der Waals surface area contributed by atoms with Crippen molar-refractivity contribution >= 4 is 22.1 Å². The summed E-state index contributed by atoms with van der Waals surface area (Å²) in [4.78, 5) is 24.4. The highest BCUT2D eigenvalue weighted by Crippen LogP contribution is 2.33. The lowest BCUT2D eigenvalue weighted by atomic mass is 9.93. The first-order valence-corrected chi connectivity index (χ1v) is 8.73. The van der Waals surface area contributed by atoms with Gasteiger partial charge in [0.05, 0.1) is 5.69 Å². The van der Waals surface area contributed by atoms with E-state index in [9.17, 15) is 4.79 Å². The number of aromatic nitrogens is 3. The lowest BCUT2D eigenvalue weighted by Crippen LogP contribution is -2.38. The van der Waals surface area contributed by atoms with Crippen LogP contribution in [0.5, 0.6) is 0 Å². The zero-order chi connectivity index (χ0) is 15.8. The van der Waals surface area contributed by atoms with Gasteiger partial charge in [0.25, 0.3) is 5.91 Å². The normalized spacial score (nSPS) is 16.1. The number of rotatable bonds is 2. The number of hydrogen-bond acceptors (Lipinski definition) is 4. The number of amides is 1. The molecule has 118 valence electrons. The molecule has 0 atom stereocenters. The molecule has 1 aliphatic heterocycles. The van der Waals surface area contributed by atoms with E-state index in [1.54, 1.807) is 35.9 Å². The van der Waals surface area contributed by atoms with Gasteiger partial charge in [0.1, 0.15) is 10.7 Å². The van der Waals surface area contributed by atoms with Crippen LogP contribution in [0.3, 0.4) is 0 Å². The fourth-order valence-electron chi connectivity index (χ4n) is 3.29. The van der Waals surface area contributed by atoms with Crippen LogP contribution in [0.2, 0.25) is 0 Å². The van der Waals surface area contributed by atoms with Crippen LogP contribution >= 0.6 is 11.3 Å². The average molecular weight is 326 g/mol. The van der Waals surface area contributed by atoms with E-state index in [2.05, 4.69) is 21.0 Å². The number of carbonyl (C=O) groups is 1. The van der Waals surface area contributed by atoms with E-state index in [0.29, 0.717) is 5.92 Å². The molecule has 0 spiro atoms. The Morgan fingerprint density at radius 2 is 2.00 bits per heavy atom. The van der Waals surface area contributed by atoms with Crippen molar-refractivity contribution < 1.29 is 4.79 Å². The number of piperidine rings is 1. The zero-order valence-corrected chi connectivity index (χ0v) is 13.8. The second-order valence-corrected chi connectivity index (χ2v) is 6.82. The largest absolute Gasteiger partial charge is 0.339 e. The molecule has 1 aliphatic rings. The van der Waals surface area contributed by atoms with Gasteiger partial charge < -0.3 is 4.90 Å². The third-order valence-corrected chi connectivity index (χ3v) is 5.44. The molecule has 6 heteroatoms. The summed E-state index contributed by atoms with van der Waals surface area (Å²) >= 11 is 1.75. The minimum atomic E-state index is 0.105. The van der Waals surface area contributed by atoms with Crippen LogP contribution in [0.4, 0.5) is 0 Å². The maximum absolute atomic E-state index is 12.5. The van der Waals surface area contributed by atoms with Crippen molar-refractivity contribution in [2.24, 2.45) is 0 Å². The molecule has 0 aromatic carbocycles. The molecule has 1 amide bonds. The van der Waals surface area contributed by atoms with Crippen LogP contribution in [0.25, 0.3) is 4.83 Å². The van der Waals surface area contributed by atoms with Gasteiger partial charge >= 0.3 is 0 Å². The summed E-state index contributed by atoms with van der Waals surface area (Å²) < 4.78 is 2.16. The number of thiazole rings is 1. The maximum Gasteiger partial charge on any atom is 0.253 e. The number of fused-ring (bicyclic) bond motifs is 1. The minimum absolute atomic E-state index is 0.105. The van der Waals surface area contributed by atoms with Crippen molar-refractivity contribution in [2.75, 3.05) is 13.1 Å². The molecule has 1 fully saturated rings. The van der Waals surface area contributed by atoms with Crippen molar-refractivity contribution in [1.29, 1.82) is 0 Å². The highest BCUT2D eigenvalue weighted by molar-refractivity contribution is 7.15. The number of pyridine rings is 1. The molecule has 0 saturated carbocycles. The first-order valence-electron chi connectivity index (χ1n) is 7.85. The van der Waals surface area contributed by atoms with Crippen LogP contribution in [0.1, 0.15) is 40.6 Å². The van der Waals surface area contributed by atoms with Gasteiger partial charge in [-0.1, -0.05) is 0 Å². The Morgan fingerprint density at radius 1 is 1.26 bits per heavy atom. The van der Waals surface area contributed by atoms with Gasteiger partial charge in [-0.05, 0) is 31.9 Å². The molecule has 1 saturated heterocycles. The molecule has 0 N–H and O–H groups in total. The minimum Gasteiger partial charge on any atom is -0.339 e. The molecule has 23 heavy (non-hydrogen) atoms. The first kappa shape index (κ1) is 14.4. The second-order valence-electron chi connectivity index (χ2n) is 5.92. The number of hydrogen-bond donors (Lipinski definition) is 0. The van der Waals surface area contributed by atoms with E-state index in [1.165, 1.54) is 10.5 Å². The summed E-state index contributed by atoms with van der Waals surface area (Å²) in [6.07, 6.45) is 7.36. The van der Waals surface area contributed by atoms with Gasteiger partial charge in [-0.15, -0.1) is 11.3 Å². The lowest BCUT2D eigenvalue weighted by molar-refractivity contribution is 0.0712. The molecule has 3 aromatic heterocycles. The van der Waals surface area contributed by atoms with Crippen LogP contribution in [0, 0.1) is 6.92 Å². The smallest absolute Gasteiger partial charge is 0.253 e. The van der Waals surface area contributed by atoms with Gasteiger partial charge in [-0.2, -0.15) is 0 Å². The summed E-state index contributed by atoms with van der Waals surface area (Å²) in [5.74, 6) is 1.60. The predicted molar refractivity (Wildman–Crippen MR) is 89.9 cm³/mol. The van der Waals surface area contributed by atoms with Crippen molar-refractivity contribution in [3.05, 3.63) is 53.2 Å². The Labute approximate surface area is 138 Å². The molecular formula is C17H18N4OS. The monoisotopic (exact) mass is 326 g/mol. The van der Waals surface area contributed by atoms with E-state index in [1.807, 2.05) is 11.8 Å². The Hall–Kier alpha value is -2.21. The molecule has 0 aliphatic carbocycles. The average Bonchev–Trinajstić information content (AvgIpc) is 3.20. The standard InChI is InChI=1S/C17H18N4OS/c1-12-19-15(17-21(12)10-11-23-17)13-4-8-20(9-5-13)16(22)14-2-6-18-7-3-14/h2-3,6-7,10-11,13H,4-5,8-9H2,1H3. The number of imidazole rings is 1. The Kier molecular flexibility index (Phi) is 3.61. The van der Waals surface area contributed by atoms with E-state index in [4.69, 9.17) is 4.98 Å². The van der Waals surface area contributed by atoms with E-state index >= 15 is 0 Å². The molecule has 0 unspecified atom stereocenters. The summed E-state index contributed by atoms with van der Waals surface area (Å²) in [6.45, 7) is 3.62. The predicted octanol–water partition coefficient (Wildman–Crippen LogP) is 3.12. The van der Waals surface area contributed by atoms with Crippen LogP contribution in [0.15, 0.2) is 36.1 Å². The van der Waals surface area contributed by atoms with Crippen LogP contribution < -0.4 is 0 Å². The van der Waals surface area contributed by atoms with E-state index < -0.39 is 0 Å². The van der Waals surface area contributed by atoms with Gasteiger partial charge in [0.15, 0.2) is 0 Å². The van der Waals surface area contributed by atoms with Gasteiger partial charge in [-0.25, -0.2) is 4.98 Å². The fraction of sp³-hybridized carbons (Fsp3) is 0.353. The third kappa shape index (κ3) is 2.53. The SMILES string of the molecule is Cc1nc(C2CCN(C(=O)c3ccncc3)CC2)c2sccn12.